The fraction of sp³-hybridized carbons (Fsp3) is 0.562. The van der Waals surface area contributed by atoms with Crippen LogP contribution < -0.4 is 30.3 Å². The second-order valence-corrected chi connectivity index (χ2v) is 12.3. The van der Waals surface area contributed by atoms with Crippen molar-refractivity contribution in [3.05, 3.63) is 40.9 Å². The summed E-state index contributed by atoms with van der Waals surface area (Å²) < 4.78 is 51.3. The Hall–Kier alpha value is -3.40. The van der Waals surface area contributed by atoms with Gasteiger partial charge < -0.3 is 35.2 Å². The van der Waals surface area contributed by atoms with Crippen LogP contribution in [0.4, 0.5) is 30.2 Å². The van der Waals surface area contributed by atoms with Gasteiger partial charge in [0.15, 0.2) is 0 Å². The number of nitrogens with zero attached hydrogens (tertiary/aromatic N) is 3. The molecule has 2 aromatic carbocycles. The fourth-order valence-electron chi connectivity index (χ4n) is 5.82. The molecular weight excluding hydrogens is 609 g/mol. The predicted octanol–water partition coefficient (Wildman–Crippen LogP) is 6.07. The number of nitrogens with one attached hydrogen (secondary N) is 3. The molecule has 0 aliphatic carbocycles. The summed E-state index contributed by atoms with van der Waals surface area (Å²) in [5, 5.41) is 19.9. The third-order valence-corrected chi connectivity index (χ3v) is 8.44. The number of alkyl halides is 3. The van der Waals surface area contributed by atoms with Crippen molar-refractivity contribution in [3.63, 3.8) is 0 Å². The van der Waals surface area contributed by atoms with E-state index in [2.05, 4.69) is 22.0 Å². The molecule has 4 rings (SSSR count). The van der Waals surface area contributed by atoms with E-state index in [0.29, 0.717) is 53.9 Å². The molecule has 2 aromatic rings. The lowest BCUT2D eigenvalue weighted by Crippen LogP contribution is -2.45. The summed E-state index contributed by atoms with van der Waals surface area (Å²) in [5.41, 5.74) is 2.87. The number of piperidine rings is 1. The maximum absolute atomic E-state index is 13.2. The lowest BCUT2D eigenvalue weighted by molar-refractivity contribution is -0.183. The normalized spacial score (nSPS) is 21.6. The number of anilines is 3. The topological polar surface area (TPSA) is 102 Å². The Bertz CT molecular complexity index is 1370. The number of carbonyl (C=O) groups is 1. The molecule has 0 saturated carbocycles. The summed E-state index contributed by atoms with van der Waals surface area (Å²) in [7, 11) is 5.83. The molecular formula is C32H42ClF3N6O3. The monoisotopic (exact) mass is 650 g/mol. The molecule has 4 unspecified atom stereocenters. The number of ether oxygens (including phenoxy) is 2. The van der Waals surface area contributed by atoms with Gasteiger partial charge in [-0.25, -0.2) is 0 Å². The SMILES string of the molecule is CCOc1cc2c(cc1NC(=O)CCCN(C)C)C(Nc1ccc(OCC3CC(C(F)(F)F)CCN3)c(Cl)c1)C(C#N)CN2C. The minimum atomic E-state index is -4.22. The molecule has 4 atom stereocenters. The Labute approximate surface area is 268 Å². The Morgan fingerprint density at radius 1 is 1.22 bits per heavy atom. The molecule has 0 spiro atoms. The molecule has 2 heterocycles. The van der Waals surface area contributed by atoms with Crippen molar-refractivity contribution in [2.24, 2.45) is 11.8 Å². The molecule has 1 amide bonds. The highest BCUT2D eigenvalue weighted by atomic mass is 35.5. The van der Waals surface area contributed by atoms with Gasteiger partial charge in [0.1, 0.15) is 18.1 Å². The van der Waals surface area contributed by atoms with Crippen LogP contribution in [-0.4, -0.2) is 77.0 Å². The smallest absolute Gasteiger partial charge is 0.391 e. The quantitative estimate of drug-likeness (QED) is 0.255. The van der Waals surface area contributed by atoms with Crippen LogP contribution in [0.15, 0.2) is 30.3 Å². The van der Waals surface area contributed by atoms with Gasteiger partial charge in [-0.1, -0.05) is 11.6 Å². The van der Waals surface area contributed by atoms with Crippen LogP contribution in [0, 0.1) is 23.2 Å². The molecule has 45 heavy (non-hydrogen) atoms. The Morgan fingerprint density at radius 3 is 2.67 bits per heavy atom. The molecule has 2 aliphatic heterocycles. The van der Waals surface area contributed by atoms with Crippen LogP contribution in [0.2, 0.25) is 5.02 Å². The number of carbonyl (C=O) groups excluding carboxylic acids is 1. The van der Waals surface area contributed by atoms with E-state index in [9.17, 15) is 23.2 Å². The van der Waals surface area contributed by atoms with E-state index in [1.54, 1.807) is 18.2 Å². The molecule has 1 fully saturated rings. The summed E-state index contributed by atoms with van der Waals surface area (Å²) in [4.78, 5) is 16.8. The first-order valence-corrected chi connectivity index (χ1v) is 15.6. The number of benzene rings is 2. The lowest BCUT2D eigenvalue weighted by Gasteiger charge is -2.38. The number of hydrogen-bond donors (Lipinski definition) is 3. The zero-order chi connectivity index (χ0) is 32.7. The van der Waals surface area contributed by atoms with Gasteiger partial charge in [0.2, 0.25) is 5.91 Å². The van der Waals surface area contributed by atoms with Crippen LogP contribution in [0.25, 0.3) is 0 Å². The van der Waals surface area contributed by atoms with E-state index >= 15 is 0 Å². The number of rotatable bonds is 12. The third kappa shape index (κ3) is 9.08. The second-order valence-electron chi connectivity index (χ2n) is 11.9. The maximum atomic E-state index is 13.2. The summed E-state index contributed by atoms with van der Waals surface area (Å²) in [5.74, 6) is -0.988. The Kier molecular flexibility index (Phi) is 11.7. The molecule has 9 nitrogen and oxygen atoms in total. The van der Waals surface area contributed by atoms with E-state index in [-0.39, 0.29) is 31.9 Å². The van der Waals surface area contributed by atoms with Crippen molar-refractivity contribution in [2.45, 2.75) is 50.9 Å². The van der Waals surface area contributed by atoms with Crippen molar-refractivity contribution in [2.75, 3.05) is 69.5 Å². The minimum absolute atomic E-state index is 0.0463. The maximum Gasteiger partial charge on any atom is 0.391 e. The standard InChI is InChI=1S/C32H42ClF3N6O3/c1-5-44-29-16-27-24(15-26(29)40-30(43)7-6-12-41(2)3)31(20(17-37)18-42(27)4)39-22-8-9-28(25(33)14-22)45-19-23-13-21(10-11-38-23)32(34,35)36/h8-9,14-16,20-21,23,31,38-39H,5-7,10-13,18-19H2,1-4H3,(H,40,43). The van der Waals surface area contributed by atoms with Gasteiger partial charge in [-0.05, 0) is 77.6 Å². The molecule has 0 radical (unpaired) electrons. The van der Waals surface area contributed by atoms with Gasteiger partial charge in [-0.3, -0.25) is 4.79 Å². The van der Waals surface area contributed by atoms with Crippen LogP contribution in [0.3, 0.4) is 0 Å². The molecule has 0 aromatic heterocycles. The second kappa shape index (κ2) is 15.3. The molecule has 1 saturated heterocycles. The number of hydrogen-bond acceptors (Lipinski definition) is 8. The number of amides is 1. The van der Waals surface area contributed by atoms with Crippen molar-refractivity contribution in [1.29, 1.82) is 5.26 Å². The molecule has 0 bridgehead atoms. The lowest BCUT2D eigenvalue weighted by atomic mass is 9.87. The molecule has 3 N–H and O–H groups in total. The van der Waals surface area contributed by atoms with E-state index in [4.69, 9.17) is 21.1 Å². The third-order valence-electron chi connectivity index (χ3n) is 8.15. The van der Waals surface area contributed by atoms with Crippen LogP contribution in [0.5, 0.6) is 11.5 Å². The molecule has 2 aliphatic rings. The highest BCUT2D eigenvalue weighted by Gasteiger charge is 2.42. The molecule has 13 heteroatoms. The van der Waals surface area contributed by atoms with Gasteiger partial charge in [0.25, 0.3) is 0 Å². The van der Waals surface area contributed by atoms with Gasteiger partial charge in [-0.2, -0.15) is 18.4 Å². The largest absolute Gasteiger partial charge is 0.492 e. The zero-order valence-corrected chi connectivity index (χ0v) is 26.9. The van der Waals surface area contributed by atoms with Crippen molar-refractivity contribution >= 4 is 34.6 Å². The molecule has 246 valence electrons. The number of fused-ring (bicyclic) bond motifs is 1. The average molecular weight is 651 g/mol. The zero-order valence-electron chi connectivity index (χ0n) is 26.1. The van der Waals surface area contributed by atoms with Crippen LogP contribution >= 0.6 is 11.6 Å². The van der Waals surface area contributed by atoms with E-state index < -0.39 is 30.1 Å². The number of nitriles is 1. The van der Waals surface area contributed by atoms with Crippen LogP contribution in [-0.2, 0) is 4.79 Å². The van der Waals surface area contributed by atoms with Crippen molar-refractivity contribution in [1.82, 2.24) is 10.2 Å². The van der Waals surface area contributed by atoms with Gasteiger partial charge in [0.05, 0.1) is 41.3 Å². The van der Waals surface area contributed by atoms with Gasteiger partial charge in [0, 0.05) is 49.1 Å². The van der Waals surface area contributed by atoms with Crippen molar-refractivity contribution in [3.8, 4) is 17.6 Å². The first-order valence-electron chi connectivity index (χ1n) is 15.2. The summed E-state index contributed by atoms with van der Waals surface area (Å²) >= 11 is 6.55. The van der Waals surface area contributed by atoms with Crippen molar-refractivity contribution < 1.29 is 27.4 Å². The van der Waals surface area contributed by atoms with E-state index in [1.165, 1.54) is 0 Å². The summed E-state index contributed by atoms with van der Waals surface area (Å²) in [6, 6.07) is 10.4. The highest BCUT2D eigenvalue weighted by Crippen LogP contribution is 2.44. The first-order chi connectivity index (χ1) is 21.4. The first kappa shape index (κ1) is 34.5. The van der Waals surface area contributed by atoms with Gasteiger partial charge >= 0.3 is 6.18 Å². The summed E-state index contributed by atoms with van der Waals surface area (Å²) in [6.07, 6.45) is -3.14. The van der Waals surface area contributed by atoms with Crippen LogP contribution in [0.1, 0.15) is 44.2 Å². The highest BCUT2D eigenvalue weighted by molar-refractivity contribution is 6.32. The van der Waals surface area contributed by atoms with Gasteiger partial charge in [-0.15, -0.1) is 0 Å². The Morgan fingerprint density at radius 2 is 2.00 bits per heavy atom. The van der Waals surface area contributed by atoms with E-state index in [0.717, 1.165) is 17.8 Å². The van der Waals surface area contributed by atoms with E-state index in [1.807, 2.05) is 50.0 Å². The predicted molar refractivity (Wildman–Crippen MR) is 170 cm³/mol. The average Bonchev–Trinajstić information content (AvgIpc) is 2.98. The number of halogens is 4. The Balaban J connectivity index is 1.52. The summed E-state index contributed by atoms with van der Waals surface area (Å²) in [6.45, 7) is 3.89. The minimum Gasteiger partial charge on any atom is -0.492 e. The fourth-order valence-corrected chi connectivity index (χ4v) is 6.06.